The maximum Gasteiger partial charge on any atom is 0.136 e. The first-order valence-electron chi connectivity index (χ1n) is 4.89. The van der Waals surface area contributed by atoms with Gasteiger partial charge >= 0.3 is 0 Å². The maximum absolute atomic E-state index is 9.79. The SMILES string of the molecule is [B]c1ccc2nc3ccccc3nc2c1O. The summed E-state index contributed by atoms with van der Waals surface area (Å²) in [5.74, 6) is -0.00393. The molecule has 0 unspecified atom stereocenters. The fraction of sp³-hybridized carbons (Fsp3) is 0. The van der Waals surface area contributed by atoms with Crippen LogP contribution in [0.1, 0.15) is 0 Å². The first kappa shape index (κ1) is 9.15. The minimum Gasteiger partial charge on any atom is -0.506 e. The van der Waals surface area contributed by atoms with Gasteiger partial charge in [-0.05, 0) is 18.2 Å². The lowest BCUT2D eigenvalue weighted by Gasteiger charge is -2.04. The molecule has 4 heteroatoms. The molecule has 0 bridgehead atoms. The number of rotatable bonds is 0. The molecule has 0 aliphatic heterocycles. The quantitative estimate of drug-likeness (QED) is 0.445. The highest BCUT2D eigenvalue weighted by Crippen LogP contribution is 2.21. The molecule has 0 saturated heterocycles. The van der Waals surface area contributed by atoms with Gasteiger partial charge in [0, 0.05) is 0 Å². The molecule has 2 aromatic carbocycles. The van der Waals surface area contributed by atoms with Crippen LogP contribution in [0.2, 0.25) is 0 Å². The van der Waals surface area contributed by atoms with Gasteiger partial charge in [0.25, 0.3) is 0 Å². The third kappa shape index (κ3) is 1.23. The zero-order valence-electron chi connectivity index (χ0n) is 8.38. The van der Waals surface area contributed by atoms with E-state index in [2.05, 4.69) is 9.97 Å². The van der Waals surface area contributed by atoms with Crippen molar-refractivity contribution >= 4 is 35.4 Å². The Balaban J connectivity index is 2.51. The van der Waals surface area contributed by atoms with Gasteiger partial charge in [-0.25, -0.2) is 9.97 Å². The Morgan fingerprint density at radius 1 is 0.875 bits per heavy atom. The number of nitrogens with zero attached hydrogens (tertiary/aromatic N) is 2. The molecule has 0 spiro atoms. The van der Waals surface area contributed by atoms with Crippen molar-refractivity contribution < 1.29 is 5.11 Å². The molecular weight excluding hydrogens is 199 g/mol. The number of fused-ring (bicyclic) bond motifs is 2. The zero-order chi connectivity index (χ0) is 11.1. The van der Waals surface area contributed by atoms with Crippen molar-refractivity contribution in [1.82, 2.24) is 9.97 Å². The fourth-order valence-electron chi connectivity index (χ4n) is 1.69. The van der Waals surface area contributed by atoms with Crippen molar-refractivity contribution in [2.45, 2.75) is 0 Å². The number of phenolic OH excluding ortho intramolecular Hbond substituents is 1. The molecule has 0 fully saturated rings. The van der Waals surface area contributed by atoms with Crippen LogP contribution in [-0.2, 0) is 0 Å². The summed E-state index contributed by atoms with van der Waals surface area (Å²) in [7, 11) is 5.61. The van der Waals surface area contributed by atoms with Crippen LogP contribution in [0, 0.1) is 0 Å². The van der Waals surface area contributed by atoms with Gasteiger partial charge in [-0.3, -0.25) is 0 Å². The summed E-state index contributed by atoms with van der Waals surface area (Å²) in [5.41, 5.74) is 2.95. The molecule has 3 aromatic rings. The third-order valence-corrected chi connectivity index (χ3v) is 2.52. The molecule has 3 rings (SSSR count). The van der Waals surface area contributed by atoms with E-state index < -0.39 is 0 Å². The van der Waals surface area contributed by atoms with Crippen molar-refractivity contribution in [3.63, 3.8) is 0 Å². The number of aromatic hydroxyl groups is 1. The Morgan fingerprint density at radius 2 is 1.56 bits per heavy atom. The maximum atomic E-state index is 9.79. The van der Waals surface area contributed by atoms with E-state index in [4.69, 9.17) is 7.85 Å². The number of aromatic nitrogens is 2. The van der Waals surface area contributed by atoms with Crippen LogP contribution < -0.4 is 5.46 Å². The van der Waals surface area contributed by atoms with Gasteiger partial charge < -0.3 is 5.11 Å². The Morgan fingerprint density at radius 3 is 2.31 bits per heavy atom. The highest BCUT2D eigenvalue weighted by Gasteiger charge is 2.06. The lowest BCUT2D eigenvalue weighted by molar-refractivity contribution is 0.484. The summed E-state index contributed by atoms with van der Waals surface area (Å²) in [6, 6.07) is 10.9. The van der Waals surface area contributed by atoms with Crippen LogP contribution in [0.15, 0.2) is 36.4 Å². The predicted molar refractivity (Wildman–Crippen MR) is 64.1 cm³/mol. The summed E-state index contributed by atoms with van der Waals surface area (Å²) >= 11 is 0. The molecule has 0 atom stereocenters. The van der Waals surface area contributed by atoms with Gasteiger partial charge in [0.15, 0.2) is 0 Å². The van der Waals surface area contributed by atoms with Gasteiger partial charge in [-0.15, -0.1) is 0 Å². The number of para-hydroxylation sites is 2. The van der Waals surface area contributed by atoms with Crippen molar-refractivity contribution in [3.05, 3.63) is 36.4 Å². The number of hydrogen-bond donors (Lipinski definition) is 1. The van der Waals surface area contributed by atoms with Crippen LogP contribution in [-0.4, -0.2) is 22.9 Å². The lowest BCUT2D eigenvalue weighted by atomic mass is 9.94. The minimum atomic E-state index is -0.00393. The molecule has 2 radical (unpaired) electrons. The summed E-state index contributed by atoms with van der Waals surface area (Å²) in [6.07, 6.45) is 0. The van der Waals surface area contributed by atoms with Gasteiger partial charge in [0.05, 0.1) is 16.6 Å². The molecule has 0 aliphatic carbocycles. The van der Waals surface area contributed by atoms with E-state index >= 15 is 0 Å². The van der Waals surface area contributed by atoms with E-state index in [1.165, 1.54) is 0 Å². The van der Waals surface area contributed by atoms with E-state index in [-0.39, 0.29) is 5.75 Å². The van der Waals surface area contributed by atoms with Crippen molar-refractivity contribution in [1.29, 1.82) is 0 Å². The van der Waals surface area contributed by atoms with Crippen LogP contribution in [0.3, 0.4) is 0 Å². The highest BCUT2D eigenvalue weighted by molar-refractivity contribution is 6.35. The Labute approximate surface area is 93.2 Å². The van der Waals surface area contributed by atoms with E-state index in [0.717, 1.165) is 11.0 Å². The molecule has 1 N–H and O–H groups in total. The lowest BCUT2D eigenvalue weighted by Crippen LogP contribution is -2.03. The van der Waals surface area contributed by atoms with Crippen LogP contribution in [0.5, 0.6) is 5.75 Å². The smallest absolute Gasteiger partial charge is 0.136 e. The topological polar surface area (TPSA) is 46.0 Å². The van der Waals surface area contributed by atoms with Crippen molar-refractivity contribution in [3.8, 4) is 5.75 Å². The minimum absolute atomic E-state index is 0.00393. The average Bonchev–Trinajstić information content (AvgIpc) is 2.32. The number of phenols is 1. The second-order valence-electron chi connectivity index (χ2n) is 3.58. The molecule has 3 nitrogen and oxygen atoms in total. The molecule has 0 amide bonds. The zero-order valence-corrected chi connectivity index (χ0v) is 8.38. The van der Waals surface area contributed by atoms with Crippen LogP contribution in [0.25, 0.3) is 22.1 Å². The molecule has 0 saturated carbocycles. The first-order valence-corrected chi connectivity index (χ1v) is 4.89. The molecule has 1 heterocycles. The summed E-state index contributed by atoms with van der Waals surface area (Å²) in [6.45, 7) is 0. The van der Waals surface area contributed by atoms with Gasteiger partial charge in [0.1, 0.15) is 19.1 Å². The predicted octanol–water partition coefficient (Wildman–Crippen LogP) is 1.28. The monoisotopic (exact) mass is 206 g/mol. The van der Waals surface area contributed by atoms with Gasteiger partial charge in [0.2, 0.25) is 0 Å². The molecule has 1 aromatic heterocycles. The van der Waals surface area contributed by atoms with E-state index in [1.807, 2.05) is 24.3 Å². The third-order valence-electron chi connectivity index (χ3n) is 2.52. The average molecular weight is 206 g/mol. The number of benzene rings is 2. The second kappa shape index (κ2) is 3.20. The largest absolute Gasteiger partial charge is 0.506 e. The van der Waals surface area contributed by atoms with Crippen molar-refractivity contribution in [2.24, 2.45) is 0 Å². The first-order chi connectivity index (χ1) is 7.75. The Bertz CT molecular complexity index is 697. The van der Waals surface area contributed by atoms with Gasteiger partial charge in [-0.1, -0.05) is 23.7 Å². The Kier molecular flexibility index (Phi) is 1.83. The van der Waals surface area contributed by atoms with Crippen molar-refractivity contribution in [2.75, 3.05) is 0 Å². The summed E-state index contributed by atoms with van der Waals surface area (Å²) < 4.78 is 0. The van der Waals surface area contributed by atoms with E-state index in [1.54, 1.807) is 12.1 Å². The second-order valence-corrected chi connectivity index (χ2v) is 3.58. The molecule has 74 valence electrons. The highest BCUT2D eigenvalue weighted by atomic mass is 16.3. The molecule has 16 heavy (non-hydrogen) atoms. The van der Waals surface area contributed by atoms with Gasteiger partial charge in [-0.2, -0.15) is 0 Å². The molecular formula is C12H7BN2O. The standard InChI is InChI=1S/C12H7BN2O/c13-7-5-6-10-11(12(7)16)15-9-4-2-1-3-8(9)14-10/h1-6,16H. The van der Waals surface area contributed by atoms with E-state index in [9.17, 15) is 5.11 Å². The Hall–Kier alpha value is -2.10. The normalized spacial score (nSPS) is 11.0. The molecule has 0 aliphatic rings. The summed E-state index contributed by atoms with van der Waals surface area (Å²) in [4.78, 5) is 8.75. The summed E-state index contributed by atoms with van der Waals surface area (Å²) in [5, 5.41) is 9.79. The van der Waals surface area contributed by atoms with Crippen LogP contribution in [0.4, 0.5) is 0 Å². The fourth-order valence-corrected chi connectivity index (χ4v) is 1.69. The van der Waals surface area contributed by atoms with Crippen LogP contribution >= 0.6 is 0 Å². The number of hydrogen-bond acceptors (Lipinski definition) is 3. The van der Waals surface area contributed by atoms with E-state index in [0.29, 0.717) is 16.5 Å².